The van der Waals surface area contributed by atoms with Gasteiger partial charge in [0.2, 0.25) is 0 Å². The van der Waals surface area contributed by atoms with Crippen molar-refractivity contribution in [3.63, 3.8) is 0 Å². The van der Waals surface area contributed by atoms with Crippen molar-refractivity contribution in [1.29, 1.82) is 0 Å². The van der Waals surface area contributed by atoms with Crippen molar-refractivity contribution in [2.75, 3.05) is 38.0 Å². The molecule has 3 aromatic rings. The van der Waals surface area contributed by atoms with E-state index in [9.17, 15) is 0 Å². The average Bonchev–Trinajstić information content (AvgIpc) is 3.10. The van der Waals surface area contributed by atoms with Crippen LogP contribution in [0.3, 0.4) is 0 Å². The zero-order valence-electron chi connectivity index (χ0n) is 16.7. The third-order valence-electron chi connectivity index (χ3n) is 5.44. The maximum atomic E-state index is 5.68. The van der Waals surface area contributed by atoms with Gasteiger partial charge >= 0.3 is 173 Å². The zero-order valence-corrected chi connectivity index (χ0v) is 18.5. The van der Waals surface area contributed by atoms with Gasteiger partial charge in [-0.2, -0.15) is 0 Å². The van der Waals surface area contributed by atoms with Crippen molar-refractivity contribution >= 4 is 40.5 Å². The fourth-order valence-corrected chi connectivity index (χ4v) is 6.31. The summed E-state index contributed by atoms with van der Waals surface area (Å²) in [7, 11) is 0. The molecule has 28 heavy (non-hydrogen) atoms. The molecule has 4 rings (SSSR count). The first-order chi connectivity index (χ1) is 13.8. The second-order valence-corrected chi connectivity index (χ2v) is 9.31. The molecule has 0 bridgehead atoms. The van der Waals surface area contributed by atoms with E-state index in [1.165, 1.54) is 31.1 Å². The number of nitrogens with two attached hydrogens (primary N) is 1. The Morgan fingerprint density at radius 3 is 2.75 bits per heavy atom. The predicted octanol–water partition coefficient (Wildman–Crippen LogP) is 1.77. The van der Waals surface area contributed by atoms with Gasteiger partial charge in [0, 0.05) is 0 Å². The van der Waals surface area contributed by atoms with Gasteiger partial charge < -0.3 is 0 Å². The molecule has 6 heteroatoms. The van der Waals surface area contributed by atoms with Crippen LogP contribution in [0.25, 0.3) is 22.2 Å². The van der Waals surface area contributed by atoms with Gasteiger partial charge in [-0.1, -0.05) is 0 Å². The number of anilines is 1. The van der Waals surface area contributed by atoms with Gasteiger partial charge in [-0.25, -0.2) is 0 Å². The first-order valence-corrected chi connectivity index (χ1v) is 11.9. The van der Waals surface area contributed by atoms with E-state index in [2.05, 4.69) is 65.1 Å². The number of benzene rings is 2. The molecule has 0 spiro atoms. The third-order valence-corrected chi connectivity index (χ3v) is 7.97. The van der Waals surface area contributed by atoms with Crippen LogP contribution in [0.15, 0.2) is 36.4 Å². The van der Waals surface area contributed by atoms with Crippen molar-refractivity contribution < 1.29 is 0 Å². The molecule has 5 nitrogen and oxygen atoms in total. The monoisotopic (exact) mass is 443 g/mol. The Balaban J connectivity index is 1.78. The van der Waals surface area contributed by atoms with Gasteiger partial charge in [-0.3, -0.25) is 0 Å². The first-order valence-electron chi connectivity index (χ1n) is 10.2. The van der Waals surface area contributed by atoms with Crippen molar-refractivity contribution in [2.45, 2.75) is 26.8 Å². The summed E-state index contributed by atoms with van der Waals surface area (Å²) in [4.78, 5) is 2.45. The Labute approximate surface area is 173 Å². The molecule has 148 valence electrons. The van der Waals surface area contributed by atoms with Crippen LogP contribution in [-0.4, -0.2) is 62.4 Å². The molecule has 0 saturated heterocycles. The summed E-state index contributed by atoms with van der Waals surface area (Å²) in [6.07, 6.45) is 0.983. The fraction of sp³-hybridized carbons (Fsp3) is 0.409. The number of rotatable bonds is 9. The summed E-state index contributed by atoms with van der Waals surface area (Å²) >= 11 is 0.279. The Morgan fingerprint density at radius 2 is 1.96 bits per heavy atom. The van der Waals surface area contributed by atoms with Crippen LogP contribution >= 0.6 is 0 Å². The molecule has 0 saturated carbocycles. The summed E-state index contributed by atoms with van der Waals surface area (Å²) < 4.78 is 5.07. The van der Waals surface area contributed by atoms with Crippen LogP contribution in [0.1, 0.15) is 20.3 Å². The van der Waals surface area contributed by atoms with Crippen molar-refractivity contribution in [1.82, 2.24) is 14.7 Å². The van der Waals surface area contributed by atoms with Crippen molar-refractivity contribution in [3.8, 4) is 11.3 Å². The van der Waals surface area contributed by atoms with Crippen molar-refractivity contribution in [2.24, 2.45) is 5.73 Å². The Bertz CT molecular complexity index is 961. The molecule has 0 fully saturated rings. The van der Waals surface area contributed by atoms with Crippen molar-refractivity contribution in [3.05, 3.63) is 36.4 Å². The molecule has 1 aromatic heterocycles. The zero-order chi connectivity index (χ0) is 19.5. The topological polar surface area (TPSA) is 59.1 Å². The summed E-state index contributed by atoms with van der Waals surface area (Å²) in [5.41, 5.74) is 10.6. The van der Waals surface area contributed by atoms with Gasteiger partial charge in [0.1, 0.15) is 0 Å². The molecule has 1 aliphatic rings. The molecule has 2 aromatic carbocycles. The standard InChI is InChI=1S/C22H29N5Se/c1-3-26(4-2)14-15-27-18-11-10-17(24-13-7-12-23)22-20(18)21(25-27)16-8-5-6-9-19(16)28-22/h5-6,8-11,24H,3-4,7,12-15,23H2,1-2H3. The molecule has 2 heterocycles. The van der Waals surface area contributed by atoms with Gasteiger partial charge in [-0.05, 0) is 0 Å². The normalized spacial score (nSPS) is 12.6. The van der Waals surface area contributed by atoms with Crippen LogP contribution in [-0.2, 0) is 6.54 Å². The molecule has 3 N–H and O–H groups in total. The van der Waals surface area contributed by atoms with E-state index in [1.807, 2.05) is 0 Å². The molecule has 0 radical (unpaired) electrons. The minimum atomic E-state index is 0.279. The summed E-state index contributed by atoms with van der Waals surface area (Å²) in [5, 5.41) is 10.1. The van der Waals surface area contributed by atoms with Crippen LogP contribution in [0, 0.1) is 0 Å². The maximum absolute atomic E-state index is 5.68. The molecule has 0 amide bonds. The van der Waals surface area contributed by atoms with Gasteiger partial charge in [0.05, 0.1) is 0 Å². The fourth-order valence-electron chi connectivity index (χ4n) is 3.81. The van der Waals surface area contributed by atoms with E-state index < -0.39 is 0 Å². The quantitative estimate of drug-likeness (QED) is 0.307. The number of fused-ring (bicyclic) bond motifs is 2. The van der Waals surface area contributed by atoms with Crippen LogP contribution in [0.5, 0.6) is 0 Å². The first kappa shape index (κ1) is 19.5. The van der Waals surface area contributed by atoms with E-state index in [0.29, 0.717) is 6.54 Å². The summed E-state index contributed by atoms with van der Waals surface area (Å²) in [6.45, 7) is 10.2. The molecule has 0 unspecified atom stereocenters. The number of hydrogen-bond acceptors (Lipinski definition) is 4. The number of nitrogens with zero attached hydrogens (tertiary/aromatic N) is 3. The van der Waals surface area contributed by atoms with Crippen LogP contribution in [0.2, 0.25) is 0 Å². The van der Waals surface area contributed by atoms with Gasteiger partial charge in [0.25, 0.3) is 0 Å². The Hall–Kier alpha value is -1.85. The second-order valence-electron chi connectivity index (χ2n) is 7.10. The number of likely N-dealkylation sites (N-methyl/N-ethyl adjacent to an activating group) is 1. The van der Waals surface area contributed by atoms with E-state index >= 15 is 0 Å². The second kappa shape index (κ2) is 8.66. The average molecular weight is 442 g/mol. The molecule has 1 aliphatic heterocycles. The summed E-state index contributed by atoms with van der Waals surface area (Å²) in [6, 6.07) is 13.2. The number of nitrogens with one attached hydrogen (secondary N) is 1. The minimum absolute atomic E-state index is 0.279. The molecule has 0 aliphatic carbocycles. The SMILES string of the molecule is CCN(CC)CCn1nc2c3c(c(NCCCN)ccc31)[Se]c1ccccc1-2. The number of aromatic nitrogens is 2. The van der Waals surface area contributed by atoms with Gasteiger partial charge in [-0.15, -0.1) is 0 Å². The van der Waals surface area contributed by atoms with Gasteiger partial charge in [0.15, 0.2) is 0 Å². The van der Waals surface area contributed by atoms with E-state index in [4.69, 9.17) is 10.8 Å². The summed E-state index contributed by atoms with van der Waals surface area (Å²) in [5.74, 6) is 0. The van der Waals surface area contributed by atoms with Crippen LogP contribution in [0.4, 0.5) is 5.69 Å². The predicted molar refractivity (Wildman–Crippen MR) is 120 cm³/mol. The van der Waals surface area contributed by atoms with E-state index in [0.717, 1.165) is 44.8 Å². The Morgan fingerprint density at radius 1 is 1.14 bits per heavy atom. The third kappa shape index (κ3) is 3.58. The molecular formula is C22H29N5Se. The van der Waals surface area contributed by atoms with E-state index in [1.54, 1.807) is 0 Å². The molecule has 0 atom stereocenters. The Kier molecular flexibility index (Phi) is 6.02. The van der Waals surface area contributed by atoms with Crippen LogP contribution < -0.4 is 20.0 Å². The molecular weight excluding hydrogens is 413 g/mol. The number of hydrogen-bond donors (Lipinski definition) is 2. The van der Waals surface area contributed by atoms with E-state index in [-0.39, 0.29) is 15.0 Å².